The summed E-state index contributed by atoms with van der Waals surface area (Å²) in [5.41, 5.74) is 1.88. The highest BCUT2D eigenvalue weighted by atomic mass is 16.5. The Hall–Kier alpha value is -1.02. The molecule has 0 N–H and O–H groups in total. The first-order chi connectivity index (χ1) is 9.17. The molecule has 1 saturated carbocycles. The minimum Gasteiger partial charge on any atom is -0.497 e. The zero-order valence-corrected chi connectivity index (χ0v) is 12.4. The van der Waals surface area contributed by atoms with Gasteiger partial charge in [0.05, 0.1) is 7.11 Å². The molecule has 0 aromatic heterocycles. The molecule has 0 unspecified atom stereocenters. The van der Waals surface area contributed by atoms with Gasteiger partial charge in [-0.1, -0.05) is 25.5 Å². The van der Waals surface area contributed by atoms with Crippen LogP contribution in [0.4, 0.5) is 0 Å². The molecule has 3 rings (SSSR count). The molecule has 3 atom stereocenters. The third-order valence-electron chi connectivity index (χ3n) is 5.69. The van der Waals surface area contributed by atoms with E-state index in [4.69, 9.17) is 4.74 Å². The molecule has 2 fully saturated rings. The van der Waals surface area contributed by atoms with Crippen LogP contribution in [0, 0.1) is 5.92 Å². The van der Waals surface area contributed by atoms with Crippen LogP contribution in [-0.4, -0.2) is 31.6 Å². The molecule has 1 aromatic carbocycles. The number of hydrogen-bond acceptors (Lipinski definition) is 2. The average Bonchev–Trinajstić information content (AvgIpc) is 2.44. The smallest absolute Gasteiger partial charge is 0.119 e. The third-order valence-corrected chi connectivity index (χ3v) is 5.69. The summed E-state index contributed by atoms with van der Waals surface area (Å²) < 4.78 is 5.43. The van der Waals surface area contributed by atoms with Gasteiger partial charge in [0.15, 0.2) is 0 Å². The van der Waals surface area contributed by atoms with E-state index in [1.807, 2.05) is 0 Å². The summed E-state index contributed by atoms with van der Waals surface area (Å²) in [6, 6.07) is 9.54. The van der Waals surface area contributed by atoms with E-state index in [0.29, 0.717) is 5.41 Å². The molecule has 1 saturated heterocycles. The molecular weight excluding hydrogens is 234 g/mol. The highest BCUT2D eigenvalue weighted by molar-refractivity contribution is 5.36. The van der Waals surface area contributed by atoms with Crippen molar-refractivity contribution in [1.82, 2.24) is 4.90 Å². The summed E-state index contributed by atoms with van der Waals surface area (Å²) in [5.74, 6) is 1.74. The second-order valence-corrected chi connectivity index (χ2v) is 6.37. The highest BCUT2D eigenvalue weighted by Gasteiger charge is 2.48. The Balaban J connectivity index is 2.00. The van der Waals surface area contributed by atoms with Gasteiger partial charge >= 0.3 is 0 Å². The Bertz CT molecular complexity index is 458. The molecule has 1 aromatic rings. The summed E-state index contributed by atoms with van der Waals surface area (Å²) in [5, 5.41) is 0. The lowest BCUT2D eigenvalue weighted by Crippen LogP contribution is -2.56. The lowest BCUT2D eigenvalue weighted by molar-refractivity contribution is 0.0126. The van der Waals surface area contributed by atoms with Gasteiger partial charge in [0.1, 0.15) is 5.75 Å². The summed E-state index contributed by atoms with van der Waals surface area (Å²) >= 11 is 0. The average molecular weight is 259 g/mol. The van der Waals surface area contributed by atoms with E-state index in [2.05, 4.69) is 43.1 Å². The van der Waals surface area contributed by atoms with Crippen molar-refractivity contribution in [1.29, 1.82) is 0 Å². The maximum atomic E-state index is 5.43. The van der Waals surface area contributed by atoms with Crippen molar-refractivity contribution in [2.75, 3.05) is 20.7 Å². The number of likely N-dealkylation sites (tertiary alicyclic amines) is 1. The molecule has 2 bridgehead atoms. The third kappa shape index (κ3) is 1.97. The van der Waals surface area contributed by atoms with Crippen LogP contribution < -0.4 is 4.74 Å². The van der Waals surface area contributed by atoms with Crippen molar-refractivity contribution in [2.45, 2.75) is 44.1 Å². The van der Waals surface area contributed by atoms with Gasteiger partial charge in [0.2, 0.25) is 0 Å². The first-order valence-corrected chi connectivity index (χ1v) is 7.52. The van der Waals surface area contributed by atoms with E-state index in [0.717, 1.165) is 17.7 Å². The first-order valence-electron chi connectivity index (χ1n) is 7.52. The Kier molecular flexibility index (Phi) is 3.30. The van der Waals surface area contributed by atoms with Crippen molar-refractivity contribution in [3.63, 3.8) is 0 Å². The lowest BCUT2D eigenvalue weighted by Gasteiger charge is -2.55. The molecule has 2 nitrogen and oxygen atoms in total. The predicted octanol–water partition coefficient (Wildman–Crippen LogP) is 3.46. The van der Waals surface area contributed by atoms with Crippen LogP contribution in [0.3, 0.4) is 0 Å². The first kappa shape index (κ1) is 13.0. The fourth-order valence-electron chi connectivity index (χ4n) is 4.45. The number of nitrogens with zero attached hydrogens (tertiary/aromatic N) is 1. The minimum atomic E-state index is 0.379. The molecule has 0 spiro atoms. The summed E-state index contributed by atoms with van der Waals surface area (Å²) in [4.78, 5) is 2.57. The van der Waals surface area contributed by atoms with Crippen LogP contribution in [0.25, 0.3) is 0 Å². The van der Waals surface area contributed by atoms with Crippen molar-refractivity contribution in [3.8, 4) is 5.75 Å². The van der Waals surface area contributed by atoms with E-state index in [1.54, 1.807) is 7.11 Å². The largest absolute Gasteiger partial charge is 0.497 e. The maximum absolute atomic E-state index is 5.43. The van der Waals surface area contributed by atoms with E-state index in [-0.39, 0.29) is 0 Å². The van der Waals surface area contributed by atoms with Crippen LogP contribution in [0.2, 0.25) is 0 Å². The predicted molar refractivity (Wildman–Crippen MR) is 78.7 cm³/mol. The van der Waals surface area contributed by atoms with E-state index in [1.165, 1.54) is 37.8 Å². The Morgan fingerprint density at radius 3 is 2.95 bits per heavy atom. The fraction of sp³-hybridized carbons (Fsp3) is 0.647. The van der Waals surface area contributed by atoms with E-state index in [9.17, 15) is 0 Å². The molecule has 1 heterocycles. The van der Waals surface area contributed by atoms with Gasteiger partial charge in [-0.15, -0.1) is 0 Å². The Morgan fingerprint density at radius 2 is 2.16 bits per heavy atom. The number of methoxy groups -OCH3 is 1. The zero-order chi connectivity index (χ0) is 13.5. The van der Waals surface area contributed by atoms with E-state index >= 15 is 0 Å². The van der Waals surface area contributed by atoms with Crippen LogP contribution in [-0.2, 0) is 5.41 Å². The molecule has 1 aliphatic heterocycles. The SMILES string of the molecule is COc1cccc([C@]23CCC[C@H]([C@@H]2C)N(C)CC3)c1. The molecule has 19 heavy (non-hydrogen) atoms. The maximum Gasteiger partial charge on any atom is 0.119 e. The van der Waals surface area contributed by atoms with Crippen LogP contribution in [0.5, 0.6) is 5.75 Å². The van der Waals surface area contributed by atoms with Gasteiger partial charge in [-0.2, -0.15) is 0 Å². The topological polar surface area (TPSA) is 12.5 Å². The zero-order valence-electron chi connectivity index (χ0n) is 12.4. The molecule has 1 aliphatic carbocycles. The van der Waals surface area contributed by atoms with Crippen LogP contribution in [0.1, 0.15) is 38.2 Å². The second kappa shape index (κ2) is 4.82. The number of hydrogen-bond donors (Lipinski definition) is 0. The van der Waals surface area contributed by atoms with Gasteiger partial charge in [0.25, 0.3) is 0 Å². The van der Waals surface area contributed by atoms with Crippen molar-refractivity contribution >= 4 is 0 Å². The Morgan fingerprint density at radius 1 is 1.32 bits per heavy atom. The summed E-state index contributed by atoms with van der Waals surface area (Å²) in [6.07, 6.45) is 5.35. The number of ether oxygens (including phenoxy) is 1. The molecule has 2 heteroatoms. The normalized spacial score (nSPS) is 35.1. The molecular formula is C17H25NO. The minimum absolute atomic E-state index is 0.379. The van der Waals surface area contributed by atoms with Crippen molar-refractivity contribution in [3.05, 3.63) is 29.8 Å². The van der Waals surface area contributed by atoms with Gasteiger partial charge < -0.3 is 9.64 Å². The number of rotatable bonds is 2. The van der Waals surface area contributed by atoms with Gasteiger partial charge in [-0.05, 0) is 56.5 Å². The van der Waals surface area contributed by atoms with Crippen LogP contribution >= 0.6 is 0 Å². The van der Waals surface area contributed by atoms with Crippen molar-refractivity contribution in [2.24, 2.45) is 5.92 Å². The lowest BCUT2D eigenvalue weighted by atomic mass is 9.57. The molecule has 0 amide bonds. The quantitative estimate of drug-likeness (QED) is 0.806. The highest BCUT2D eigenvalue weighted by Crippen LogP contribution is 2.50. The number of fused-ring (bicyclic) bond motifs is 2. The molecule has 0 radical (unpaired) electrons. The van der Waals surface area contributed by atoms with E-state index < -0.39 is 0 Å². The molecule has 104 valence electrons. The number of benzene rings is 1. The van der Waals surface area contributed by atoms with Crippen molar-refractivity contribution < 1.29 is 4.74 Å². The summed E-state index contributed by atoms with van der Waals surface area (Å²) in [7, 11) is 4.06. The summed E-state index contributed by atoms with van der Waals surface area (Å²) in [6.45, 7) is 3.69. The fourth-order valence-corrected chi connectivity index (χ4v) is 4.45. The number of piperidine rings is 1. The van der Waals surface area contributed by atoms with Gasteiger partial charge in [-0.3, -0.25) is 0 Å². The van der Waals surface area contributed by atoms with Gasteiger partial charge in [-0.25, -0.2) is 0 Å². The monoisotopic (exact) mass is 259 g/mol. The molecule has 2 aliphatic rings. The van der Waals surface area contributed by atoms with Gasteiger partial charge in [0, 0.05) is 11.5 Å². The Labute approximate surface area is 116 Å². The van der Waals surface area contributed by atoms with Crippen LogP contribution in [0.15, 0.2) is 24.3 Å². The standard InChI is InChI=1S/C17H25NO/c1-13-16-8-5-9-17(13,10-11-18(16)2)14-6-4-7-15(12-14)19-3/h4,6-7,12-13,16H,5,8-11H2,1-3H3/t13-,16+,17-/m0/s1. The second-order valence-electron chi connectivity index (χ2n) is 6.37.